The van der Waals surface area contributed by atoms with Crippen LogP contribution in [0.5, 0.6) is 0 Å². The fourth-order valence-corrected chi connectivity index (χ4v) is 3.11. The molecular formula is C15H24IN3O. The van der Waals surface area contributed by atoms with Gasteiger partial charge in [-0.25, -0.2) is 9.97 Å². The maximum Gasteiger partial charge on any atom is 0.159 e. The summed E-state index contributed by atoms with van der Waals surface area (Å²) < 4.78 is 7.08. The number of hydrogen-bond acceptors (Lipinski definition) is 4. The van der Waals surface area contributed by atoms with Gasteiger partial charge in [-0.05, 0) is 55.2 Å². The Morgan fingerprint density at radius 1 is 1.25 bits per heavy atom. The standard InChI is InChI=1S/C15H24IN3O/c1-4-6-11-13(16)15(17-9-5-2)19-14(18-11)12-8-7-10(3)20-12/h10,12H,4-9H2,1-3H3,(H,17,18,19). The SMILES string of the molecule is CCCNc1nc(C2CCC(C)O2)nc(CCC)c1I. The lowest BCUT2D eigenvalue weighted by molar-refractivity contribution is 0.0502. The van der Waals surface area contributed by atoms with Gasteiger partial charge in [-0.1, -0.05) is 20.3 Å². The number of hydrogen-bond donors (Lipinski definition) is 1. The Balaban J connectivity index is 2.28. The summed E-state index contributed by atoms with van der Waals surface area (Å²) in [7, 11) is 0. The van der Waals surface area contributed by atoms with Gasteiger partial charge in [0.1, 0.15) is 11.9 Å². The van der Waals surface area contributed by atoms with Crippen LogP contribution in [-0.4, -0.2) is 22.6 Å². The molecule has 5 heteroatoms. The molecule has 2 rings (SSSR count). The maximum atomic E-state index is 5.92. The first-order chi connectivity index (χ1) is 9.65. The molecule has 0 spiro atoms. The highest BCUT2D eigenvalue weighted by Crippen LogP contribution is 2.32. The first-order valence-electron chi connectivity index (χ1n) is 7.61. The van der Waals surface area contributed by atoms with E-state index in [1.165, 1.54) is 0 Å². The number of aryl methyl sites for hydroxylation is 1. The highest BCUT2D eigenvalue weighted by molar-refractivity contribution is 14.1. The topological polar surface area (TPSA) is 47.0 Å². The Morgan fingerprint density at radius 3 is 2.65 bits per heavy atom. The van der Waals surface area contributed by atoms with Gasteiger partial charge in [-0.3, -0.25) is 0 Å². The van der Waals surface area contributed by atoms with Gasteiger partial charge in [0, 0.05) is 6.54 Å². The van der Waals surface area contributed by atoms with Crippen LogP contribution in [-0.2, 0) is 11.2 Å². The fraction of sp³-hybridized carbons (Fsp3) is 0.733. The molecule has 0 aliphatic carbocycles. The van der Waals surface area contributed by atoms with Gasteiger partial charge in [-0.15, -0.1) is 0 Å². The molecule has 0 radical (unpaired) electrons. The van der Waals surface area contributed by atoms with E-state index in [0.717, 1.165) is 59.6 Å². The van der Waals surface area contributed by atoms with Crippen LogP contribution in [0.2, 0.25) is 0 Å². The second-order valence-electron chi connectivity index (χ2n) is 5.38. The van der Waals surface area contributed by atoms with Gasteiger partial charge in [0.2, 0.25) is 0 Å². The monoisotopic (exact) mass is 389 g/mol. The lowest BCUT2D eigenvalue weighted by Gasteiger charge is -2.16. The quantitative estimate of drug-likeness (QED) is 0.745. The van der Waals surface area contributed by atoms with Crippen molar-refractivity contribution in [3.05, 3.63) is 15.1 Å². The molecule has 2 unspecified atom stereocenters. The number of rotatable bonds is 6. The van der Waals surface area contributed by atoms with E-state index in [4.69, 9.17) is 14.7 Å². The van der Waals surface area contributed by atoms with Crippen LogP contribution in [0.25, 0.3) is 0 Å². The lowest BCUT2D eigenvalue weighted by atomic mass is 10.2. The molecule has 20 heavy (non-hydrogen) atoms. The van der Waals surface area contributed by atoms with Crippen molar-refractivity contribution in [3.63, 3.8) is 0 Å². The van der Waals surface area contributed by atoms with Crippen molar-refractivity contribution in [1.29, 1.82) is 0 Å². The number of nitrogens with zero attached hydrogens (tertiary/aromatic N) is 2. The van der Waals surface area contributed by atoms with E-state index in [9.17, 15) is 0 Å². The van der Waals surface area contributed by atoms with Crippen molar-refractivity contribution in [2.24, 2.45) is 0 Å². The van der Waals surface area contributed by atoms with E-state index in [1.54, 1.807) is 0 Å². The zero-order valence-electron chi connectivity index (χ0n) is 12.6. The van der Waals surface area contributed by atoms with Crippen LogP contribution in [0, 0.1) is 3.57 Å². The van der Waals surface area contributed by atoms with E-state index in [2.05, 4.69) is 48.7 Å². The lowest BCUT2D eigenvalue weighted by Crippen LogP contribution is -2.13. The van der Waals surface area contributed by atoms with Crippen LogP contribution >= 0.6 is 22.6 Å². The van der Waals surface area contributed by atoms with E-state index < -0.39 is 0 Å². The molecule has 1 aromatic heterocycles. The predicted octanol–water partition coefficient (Wildman–Crippen LogP) is 4.10. The molecule has 0 bridgehead atoms. The Hall–Kier alpha value is -0.430. The normalized spacial score (nSPS) is 22.2. The minimum atomic E-state index is 0.0692. The average molecular weight is 389 g/mol. The smallest absolute Gasteiger partial charge is 0.159 e. The highest BCUT2D eigenvalue weighted by atomic mass is 127. The number of anilines is 1. The maximum absolute atomic E-state index is 5.92. The van der Waals surface area contributed by atoms with Crippen LogP contribution in [0.1, 0.15) is 64.1 Å². The molecule has 0 saturated carbocycles. The van der Waals surface area contributed by atoms with Crippen molar-refractivity contribution in [3.8, 4) is 0 Å². The Morgan fingerprint density at radius 2 is 2.05 bits per heavy atom. The van der Waals surface area contributed by atoms with Crippen LogP contribution < -0.4 is 5.32 Å². The van der Waals surface area contributed by atoms with E-state index >= 15 is 0 Å². The summed E-state index contributed by atoms with van der Waals surface area (Å²) in [5.74, 6) is 1.83. The van der Waals surface area contributed by atoms with Crippen LogP contribution in [0.4, 0.5) is 5.82 Å². The van der Waals surface area contributed by atoms with Crippen molar-refractivity contribution < 1.29 is 4.74 Å². The summed E-state index contributed by atoms with van der Waals surface area (Å²) in [5, 5.41) is 3.42. The second kappa shape index (κ2) is 7.54. The van der Waals surface area contributed by atoms with Gasteiger partial charge >= 0.3 is 0 Å². The van der Waals surface area contributed by atoms with E-state index in [0.29, 0.717) is 6.10 Å². The van der Waals surface area contributed by atoms with Crippen molar-refractivity contribution >= 4 is 28.4 Å². The molecule has 1 aliphatic rings. The van der Waals surface area contributed by atoms with Crippen molar-refractivity contribution in [1.82, 2.24) is 9.97 Å². The summed E-state index contributed by atoms with van der Waals surface area (Å²) in [6.07, 6.45) is 5.71. The first-order valence-corrected chi connectivity index (χ1v) is 8.69. The Labute approximate surface area is 135 Å². The number of aromatic nitrogens is 2. The zero-order valence-corrected chi connectivity index (χ0v) is 14.7. The summed E-state index contributed by atoms with van der Waals surface area (Å²) in [6.45, 7) is 7.41. The van der Waals surface area contributed by atoms with Crippen LogP contribution in [0.3, 0.4) is 0 Å². The second-order valence-corrected chi connectivity index (χ2v) is 6.46. The summed E-state index contributed by atoms with van der Waals surface area (Å²) in [4.78, 5) is 9.48. The van der Waals surface area contributed by atoms with Crippen molar-refractivity contribution in [2.75, 3.05) is 11.9 Å². The molecule has 2 heterocycles. The third kappa shape index (κ3) is 3.81. The van der Waals surface area contributed by atoms with Gasteiger partial charge < -0.3 is 10.1 Å². The van der Waals surface area contributed by atoms with Crippen LogP contribution in [0.15, 0.2) is 0 Å². The molecule has 2 atom stereocenters. The number of nitrogens with one attached hydrogen (secondary N) is 1. The Bertz CT molecular complexity index is 453. The first kappa shape index (κ1) is 15.9. The van der Waals surface area contributed by atoms with E-state index in [1.807, 2.05) is 0 Å². The molecule has 1 aliphatic heterocycles. The minimum Gasteiger partial charge on any atom is -0.369 e. The van der Waals surface area contributed by atoms with Gasteiger partial charge in [-0.2, -0.15) is 0 Å². The molecular weight excluding hydrogens is 365 g/mol. The predicted molar refractivity (Wildman–Crippen MR) is 90.0 cm³/mol. The fourth-order valence-electron chi connectivity index (χ4n) is 2.41. The molecule has 0 amide bonds. The molecule has 1 N–H and O–H groups in total. The average Bonchev–Trinajstić information content (AvgIpc) is 2.86. The molecule has 0 aromatic carbocycles. The van der Waals surface area contributed by atoms with Gasteiger partial charge in [0.05, 0.1) is 15.4 Å². The molecule has 1 fully saturated rings. The Kier molecular flexibility index (Phi) is 6.01. The number of ether oxygens (including phenoxy) is 1. The van der Waals surface area contributed by atoms with Crippen molar-refractivity contribution in [2.45, 2.75) is 65.1 Å². The highest BCUT2D eigenvalue weighted by Gasteiger charge is 2.27. The summed E-state index contributed by atoms with van der Waals surface area (Å²) in [6, 6.07) is 0. The summed E-state index contributed by atoms with van der Waals surface area (Å²) in [5.41, 5.74) is 1.15. The molecule has 1 aromatic rings. The third-order valence-electron chi connectivity index (χ3n) is 3.49. The van der Waals surface area contributed by atoms with Gasteiger partial charge in [0.15, 0.2) is 5.82 Å². The molecule has 1 saturated heterocycles. The largest absolute Gasteiger partial charge is 0.369 e. The zero-order chi connectivity index (χ0) is 14.5. The molecule has 112 valence electrons. The molecule has 4 nitrogen and oxygen atoms in total. The third-order valence-corrected chi connectivity index (χ3v) is 4.62. The van der Waals surface area contributed by atoms with Gasteiger partial charge in [0.25, 0.3) is 0 Å². The van der Waals surface area contributed by atoms with E-state index in [-0.39, 0.29) is 6.10 Å². The number of halogens is 1. The minimum absolute atomic E-state index is 0.0692. The summed E-state index contributed by atoms with van der Waals surface area (Å²) >= 11 is 2.36.